The summed E-state index contributed by atoms with van der Waals surface area (Å²) in [7, 11) is -3.18. The van der Waals surface area contributed by atoms with Crippen LogP contribution < -0.4 is 0 Å². The second-order valence-corrected chi connectivity index (χ2v) is 8.68. The van der Waals surface area contributed by atoms with Gasteiger partial charge < -0.3 is 4.52 Å². The van der Waals surface area contributed by atoms with Gasteiger partial charge in [0.1, 0.15) is 0 Å². The lowest BCUT2D eigenvalue weighted by atomic mass is 9.99. The first-order valence-electron chi connectivity index (χ1n) is 8.23. The highest BCUT2D eigenvalue weighted by atomic mass is 32.2. The van der Waals surface area contributed by atoms with Gasteiger partial charge in [0, 0.05) is 18.7 Å². The Morgan fingerprint density at radius 2 is 1.96 bits per heavy atom. The van der Waals surface area contributed by atoms with E-state index in [1.165, 1.54) is 16.1 Å². The number of rotatable bonds is 4. The van der Waals surface area contributed by atoms with Crippen molar-refractivity contribution >= 4 is 10.0 Å². The Balaban J connectivity index is 1.78. The van der Waals surface area contributed by atoms with E-state index < -0.39 is 10.0 Å². The van der Waals surface area contributed by atoms with E-state index in [0.717, 1.165) is 18.4 Å². The molecule has 3 rings (SSSR count). The minimum Gasteiger partial charge on any atom is -0.339 e. The first-order valence-corrected chi connectivity index (χ1v) is 10.1. The van der Waals surface area contributed by atoms with Gasteiger partial charge >= 0.3 is 0 Å². The molecule has 1 aromatic heterocycles. The van der Waals surface area contributed by atoms with E-state index in [9.17, 15) is 8.42 Å². The average Bonchev–Trinajstić information content (AvgIpc) is 3.04. The molecule has 1 atom stereocenters. The molecule has 2 heterocycles. The van der Waals surface area contributed by atoms with Crippen LogP contribution in [0.2, 0.25) is 0 Å². The van der Waals surface area contributed by atoms with Gasteiger partial charge in [-0.05, 0) is 24.3 Å². The van der Waals surface area contributed by atoms with E-state index in [1.54, 1.807) is 0 Å². The summed E-state index contributed by atoms with van der Waals surface area (Å²) in [5, 5.41) is 4.07. The van der Waals surface area contributed by atoms with Crippen molar-refractivity contribution in [3.63, 3.8) is 0 Å². The van der Waals surface area contributed by atoms with Gasteiger partial charge in [-0.3, -0.25) is 0 Å². The molecule has 0 radical (unpaired) electrons. The molecular formula is C17H23N3O3S. The molecule has 24 heavy (non-hydrogen) atoms. The molecule has 7 heteroatoms. The lowest BCUT2D eigenvalue weighted by molar-refractivity contribution is 0.266. The first kappa shape index (κ1) is 17.1. The SMILES string of the molecule is CC(C)c1ccc(-c2noc([C@@H]3CCCN(S(C)(=O)=O)C3)n2)cc1. The van der Waals surface area contributed by atoms with Crippen molar-refractivity contribution < 1.29 is 12.9 Å². The molecule has 0 aliphatic carbocycles. The molecule has 1 fully saturated rings. The maximum atomic E-state index is 11.7. The molecule has 1 aliphatic heterocycles. The number of sulfonamides is 1. The fourth-order valence-electron chi connectivity index (χ4n) is 2.98. The Labute approximate surface area is 142 Å². The van der Waals surface area contributed by atoms with E-state index in [-0.39, 0.29) is 5.92 Å². The molecule has 0 N–H and O–H groups in total. The Bertz CT molecular complexity index is 797. The topological polar surface area (TPSA) is 76.3 Å². The standard InChI is InChI=1S/C17H23N3O3S/c1-12(2)13-6-8-14(9-7-13)16-18-17(23-19-16)15-5-4-10-20(11-15)24(3,21)22/h6-9,12,15H,4-5,10-11H2,1-3H3/t15-/m1/s1. The second-order valence-electron chi connectivity index (χ2n) is 6.69. The highest BCUT2D eigenvalue weighted by Gasteiger charge is 2.30. The Kier molecular flexibility index (Phi) is 4.73. The van der Waals surface area contributed by atoms with Gasteiger partial charge in [-0.15, -0.1) is 0 Å². The van der Waals surface area contributed by atoms with E-state index in [4.69, 9.17) is 4.52 Å². The van der Waals surface area contributed by atoms with Crippen LogP contribution in [0.3, 0.4) is 0 Å². The van der Waals surface area contributed by atoms with Gasteiger partial charge in [0.15, 0.2) is 0 Å². The molecule has 0 unspecified atom stereocenters. The van der Waals surface area contributed by atoms with Crippen molar-refractivity contribution in [3.8, 4) is 11.4 Å². The summed E-state index contributed by atoms with van der Waals surface area (Å²) in [5.74, 6) is 1.51. The van der Waals surface area contributed by atoms with Crippen molar-refractivity contribution in [3.05, 3.63) is 35.7 Å². The first-order chi connectivity index (χ1) is 11.3. The van der Waals surface area contributed by atoms with Crippen molar-refractivity contribution in [1.82, 2.24) is 14.4 Å². The maximum absolute atomic E-state index is 11.7. The van der Waals surface area contributed by atoms with Gasteiger partial charge in [0.2, 0.25) is 21.7 Å². The summed E-state index contributed by atoms with van der Waals surface area (Å²) in [6.07, 6.45) is 2.91. The van der Waals surface area contributed by atoms with E-state index in [2.05, 4.69) is 36.1 Å². The van der Waals surface area contributed by atoms with Gasteiger partial charge in [0.05, 0.1) is 12.2 Å². The summed E-state index contributed by atoms with van der Waals surface area (Å²) in [6, 6.07) is 8.13. The third-order valence-corrected chi connectivity index (χ3v) is 5.75. The zero-order chi connectivity index (χ0) is 17.3. The Hall–Kier alpha value is -1.73. The maximum Gasteiger partial charge on any atom is 0.231 e. The normalized spacial score (nSPS) is 19.8. The van der Waals surface area contributed by atoms with Crippen LogP contribution in [0.15, 0.2) is 28.8 Å². The fraction of sp³-hybridized carbons (Fsp3) is 0.529. The predicted molar refractivity (Wildman–Crippen MR) is 92.2 cm³/mol. The van der Waals surface area contributed by atoms with Crippen LogP contribution in [0.25, 0.3) is 11.4 Å². The molecule has 6 nitrogen and oxygen atoms in total. The predicted octanol–water partition coefficient (Wildman–Crippen LogP) is 3.00. The monoisotopic (exact) mass is 349 g/mol. The molecule has 2 aromatic rings. The molecular weight excluding hydrogens is 326 g/mol. The number of nitrogens with zero attached hydrogens (tertiary/aromatic N) is 3. The number of piperidine rings is 1. The van der Waals surface area contributed by atoms with E-state index >= 15 is 0 Å². The van der Waals surface area contributed by atoms with Crippen LogP contribution in [-0.2, 0) is 10.0 Å². The van der Waals surface area contributed by atoms with Gasteiger partial charge in [-0.25, -0.2) is 12.7 Å². The largest absolute Gasteiger partial charge is 0.339 e. The van der Waals surface area contributed by atoms with Crippen molar-refractivity contribution in [2.45, 2.75) is 38.5 Å². The minimum absolute atomic E-state index is 0.0373. The third-order valence-electron chi connectivity index (χ3n) is 4.48. The summed E-state index contributed by atoms with van der Waals surface area (Å²) in [4.78, 5) is 4.50. The quantitative estimate of drug-likeness (QED) is 0.848. The summed E-state index contributed by atoms with van der Waals surface area (Å²) in [5.41, 5.74) is 2.17. The second kappa shape index (κ2) is 6.64. The van der Waals surface area contributed by atoms with Gasteiger partial charge in [0.25, 0.3) is 0 Å². The third kappa shape index (κ3) is 3.67. The molecule has 1 aliphatic rings. The zero-order valence-corrected chi connectivity index (χ0v) is 15.1. The van der Waals surface area contributed by atoms with Crippen LogP contribution in [0.1, 0.15) is 50.0 Å². The molecule has 1 aromatic carbocycles. The van der Waals surface area contributed by atoms with Crippen LogP contribution >= 0.6 is 0 Å². The van der Waals surface area contributed by atoms with Crippen LogP contribution in [0, 0.1) is 0 Å². The smallest absolute Gasteiger partial charge is 0.231 e. The number of hydrogen-bond acceptors (Lipinski definition) is 5. The average molecular weight is 349 g/mol. The number of hydrogen-bond donors (Lipinski definition) is 0. The fourth-order valence-corrected chi connectivity index (χ4v) is 3.89. The van der Waals surface area contributed by atoms with Crippen LogP contribution in [0.5, 0.6) is 0 Å². The molecule has 0 saturated carbocycles. The van der Waals surface area contributed by atoms with Gasteiger partial charge in [-0.1, -0.05) is 43.3 Å². The van der Waals surface area contributed by atoms with E-state index in [0.29, 0.717) is 30.7 Å². The zero-order valence-electron chi connectivity index (χ0n) is 14.3. The summed E-state index contributed by atoms with van der Waals surface area (Å²) < 4.78 is 30.4. The van der Waals surface area contributed by atoms with Crippen molar-refractivity contribution in [2.75, 3.05) is 19.3 Å². The molecule has 130 valence electrons. The van der Waals surface area contributed by atoms with Crippen molar-refractivity contribution in [1.29, 1.82) is 0 Å². The highest BCUT2D eigenvalue weighted by Crippen LogP contribution is 2.29. The highest BCUT2D eigenvalue weighted by molar-refractivity contribution is 7.88. The molecule has 0 amide bonds. The number of benzene rings is 1. The van der Waals surface area contributed by atoms with E-state index in [1.807, 2.05) is 12.1 Å². The Morgan fingerprint density at radius 1 is 1.25 bits per heavy atom. The number of aromatic nitrogens is 2. The van der Waals surface area contributed by atoms with Gasteiger partial charge in [-0.2, -0.15) is 4.98 Å². The summed E-state index contributed by atoms with van der Waals surface area (Å²) in [6.45, 7) is 5.27. The lowest BCUT2D eigenvalue weighted by Crippen LogP contribution is -2.38. The minimum atomic E-state index is -3.18. The lowest BCUT2D eigenvalue weighted by Gasteiger charge is -2.28. The molecule has 0 bridgehead atoms. The van der Waals surface area contributed by atoms with Crippen LogP contribution in [0.4, 0.5) is 0 Å². The Morgan fingerprint density at radius 3 is 2.58 bits per heavy atom. The summed E-state index contributed by atoms with van der Waals surface area (Å²) >= 11 is 0. The van der Waals surface area contributed by atoms with Crippen LogP contribution in [-0.4, -0.2) is 42.2 Å². The molecule has 1 saturated heterocycles. The molecule has 0 spiro atoms. The van der Waals surface area contributed by atoms with Crippen molar-refractivity contribution in [2.24, 2.45) is 0 Å².